The van der Waals surface area contributed by atoms with E-state index in [0.29, 0.717) is 44.2 Å². The Bertz CT molecular complexity index is 825. The molecule has 7 heteroatoms. The zero-order valence-electron chi connectivity index (χ0n) is 15.4. The number of hydrogen-bond acceptors (Lipinski definition) is 5. The third-order valence-electron chi connectivity index (χ3n) is 5.44. The number of likely N-dealkylation sites (tertiary alicyclic amines) is 1. The molecule has 2 amide bonds. The maximum Gasteiger partial charge on any atom is 0.276 e. The predicted molar refractivity (Wildman–Crippen MR) is 98.0 cm³/mol. The molecule has 27 heavy (non-hydrogen) atoms. The van der Waals surface area contributed by atoms with E-state index in [0.717, 1.165) is 18.4 Å². The molecule has 0 aliphatic carbocycles. The molecule has 0 radical (unpaired) electrons. The van der Waals surface area contributed by atoms with Crippen LogP contribution in [0.3, 0.4) is 0 Å². The van der Waals surface area contributed by atoms with Crippen LogP contribution in [0, 0.1) is 0 Å². The van der Waals surface area contributed by atoms with E-state index in [2.05, 4.69) is 5.16 Å². The third kappa shape index (κ3) is 3.60. The van der Waals surface area contributed by atoms with Crippen molar-refractivity contribution >= 4 is 11.8 Å². The lowest BCUT2D eigenvalue weighted by atomic mass is 9.89. The fourth-order valence-corrected chi connectivity index (χ4v) is 3.83. The number of carbonyl (C=O) groups is 2. The Morgan fingerprint density at radius 3 is 2.52 bits per heavy atom. The molecule has 2 aliphatic rings. The summed E-state index contributed by atoms with van der Waals surface area (Å²) in [5.41, 5.74) is 0.831. The van der Waals surface area contributed by atoms with Gasteiger partial charge in [-0.1, -0.05) is 35.5 Å². The van der Waals surface area contributed by atoms with E-state index in [-0.39, 0.29) is 17.4 Å². The second-order valence-corrected chi connectivity index (χ2v) is 7.21. The highest BCUT2D eigenvalue weighted by atomic mass is 16.5. The number of amides is 2. The summed E-state index contributed by atoms with van der Waals surface area (Å²) in [6.07, 6.45) is 1.48. The van der Waals surface area contributed by atoms with Crippen LogP contribution in [0.5, 0.6) is 0 Å². The molecule has 2 aromatic rings. The van der Waals surface area contributed by atoms with E-state index in [4.69, 9.17) is 9.26 Å². The quantitative estimate of drug-likeness (QED) is 0.811. The molecule has 3 heterocycles. The Balaban J connectivity index is 1.45. The van der Waals surface area contributed by atoms with Crippen molar-refractivity contribution in [2.45, 2.75) is 25.4 Å². The van der Waals surface area contributed by atoms with Crippen LogP contribution in [-0.4, -0.2) is 65.2 Å². The van der Waals surface area contributed by atoms with Gasteiger partial charge in [0.15, 0.2) is 11.5 Å². The van der Waals surface area contributed by atoms with Crippen LogP contribution in [0.1, 0.15) is 30.3 Å². The van der Waals surface area contributed by atoms with Gasteiger partial charge in [0.05, 0.1) is 18.8 Å². The van der Waals surface area contributed by atoms with Gasteiger partial charge in [-0.25, -0.2) is 0 Å². The fraction of sp³-hybridized carbons (Fsp3) is 0.450. The topological polar surface area (TPSA) is 75.9 Å². The molecule has 2 fully saturated rings. The molecular formula is C20H23N3O4. The standard InChI is InChI=1S/C20H23N3O4/c1-15(24)22-9-7-20(8-10-22)14-23(11-12-26-20)19(25)17-13-18(27-21-17)16-5-3-2-4-6-16/h2-6,13H,7-12,14H2,1H3. The molecule has 2 saturated heterocycles. The van der Waals surface area contributed by atoms with Crippen molar-refractivity contribution in [3.05, 3.63) is 42.1 Å². The summed E-state index contributed by atoms with van der Waals surface area (Å²) in [6, 6.07) is 11.3. The molecule has 0 saturated carbocycles. The normalized spacial score (nSPS) is 19.3. The Morgan fingerprint density at radius 1 is 1.07 bits per heavy atom. The van der Waals surface area contributed by atoms with Gasteiger partial charge in [0, 0.05) is 38.2 Å². The first-order chi connectivity index (χ1) is 13.1. The minimum atomic E-state index is -0.369. The first-order valence-electron chi connectivity index (χ1n) is 9.27. The second-order valence-electron chi connectivity index (χ2n) is 7.21. The maximum atomic E-state index is 12.9. The molecule has 1 aromatic heterocycles. The summed E-state index contributed by atoms with van der Waals surface area (Å²) in [5.74, 6) is 0.527. The number of ether oxygens (including phenoxy) is 1. The average Bonchev–Trinajstić information content (AvgIpc) is 3.19. The van der Waals surface area contributed by atoms with Gasteiger partial charge in [-0.3, -0.25) is 9.59 Å². The number of aromatic nitrogens is 1. The summed E-state index contributed by atoms with van der Waals surface area (Å²) < 4.78 is 11.4. The number of rotatable bonds is 2. The zero-order valence-corrected chi connectivity index (χ0v) is 15.4. The van der Waals surface area contributed by atoms with E-state index in [9.17, 15) is 9.59 Å². The largest absolute Gasteiger partial charge is 0.371 e. The number of benzene rings is 1. The van der Waals surface area contributed by atoms with Crippen LogP contribution < -0.4 is 0 Å². The molecule has 4 rings (SSSR count). The van der Waals surface area contributed by atoms with Crippen molar-refractivity contribution in [3.63, 3.8) is 0 Å². The Kier molecular flexibility index (Phi) is 4.70. The number of nitrogens with zero attached hydrogens (tertiary/aromatic N) is 3. The minimum Gasteiger partial charge on any atom is -0.371 e. The van der Waals surface area contributed by atoms with Gasteiger partial charge in [-0.2, -0.15) is 0 Å². The van der Waals surface area contributed by atoms with Gasteiger partial charge in [-0.15, -0.1) is 0 Å². The summed E-state index contributed by atoms with van der Waals surface area (Å²) in [7, 11) is 0. The van der Waals surface area contributed by atoms with Crippen molar-refractivity contribution in [1.82, 2.24) is 15.0 Å². The van der Waals surface area contributed by atoms with Crippen LogP contribution >= 0.6 is 0 Å². The SMILES string of the molecule is CC(=O)N1CCC2(CC1)CN(C(=O)c1cc(-c3ccccc3)on1)CCO2. The van der Waals surface area contributed by atoms with Crippen LogP contribution in [-0.2, 0) is 9.53 Å². The first kappa shape index (κ1) is 17.7. The smallest absolute Gasteiger partial charge is 0.276 e. The number of piperidine rings is 1. The lowest BCUT2D eigenvalue weighted by Gasteiger charge is -2.47. The maximum absolute atomic E-state index is 12.9. The van der Waals surface area contributed by atoms with Gasteiger partial charge >= 0.3 is 0 Å². The van der Waals surface area contributed by atoms with E-state index >= 15 is 0 Å². The van der Waals surface area contributed by atoms with Gasteiger partial charge < -0.3 is 19.1 Å². The van der Waals surface area contributed by atoms with E-state index in [1.54, 1.807) is 17.9 Å². The zero-order chi connectivity index (χ0) is 18.9. The van der Waals surface area contributed by atoms with Crippen molar-refractivity contribution in [2.75, 3.05) is 32.8 Å². The van der Waals surface area contributed by atoms with Crippen LogP contribution in [0.25, 0.3) is 11.3 Å². The molecule has 1 spiro atoms. The molecule has 0 unspecified atom stereocenters. The number of carbonyl (C=O) groups excluding carboxylic acids is 2. The number of morpholine rings is 1. The van der Waals surface area contributed by atoms with Gasteiger partial charge in [-0.05, 0) is 12.8 Å². The lowest BCUT2D eigenvalue weighted by Crippen LogP contribution is -2.58. The highest BCUT2D eigenvalue weighted by Crippen LogP contribution is 2.31. The van der Waals surface area contributed by atoms with Crippen molar-refractivity contribution < 1.29 is 18.8 Å². The average molecular weight is 369 g/mol. The molecular weight excluding hydrogens is 346 g/mol. The Labute approximate surface area is 157 Å². The van der Waals surface area contributed by atoms with Gasteiger partial charge in [0.25, 0.3) is 5.91 Å². The van der Waals surface area contributed by atoms with Crippen LogP contribution in [0.4, 0.5) is 0 Å². The molecule has 0 bridgehead atoms. The molecule has 7 nitrogen and oxygen atoms in total. The van der Waals surface area contributed by atoms with E-state index in [1.807, 2.05) is 35.2 Å². The van der Waals surface area contributed by atoms with Gasteiger partial charge in [0.1, 0.15) is 0 Å². The molecule has 1 aromatic carbocycles. The summed E-state index contributed by atoms with van der Waals surface area (Å²) in [4.78, 5) is 28.1. The Morgan fingerprint density at radius 2 is 1.81 bits per heavy atom. The summed E-state index contributed by atoms with van der Waals surface area (Å²) in [6.45, 7) is 4.47. The molecule has 2 aliphatic heterocycles. The van der Waals surface area contributed by atoms with Crippen molar-refractivity contribution in [3.8, 4) is 11.3 Å². The monoisotopic (exact) mass is 369 g/mol. The summed E-state index contributed by atoms with van der Waals surface area (Å²) in [5, 5.41) is 3.98. The molecule has 0 atom stereocenters. The summed E-state index contributed by atoms with van der Waals surface area (Å²) >= 11 is 0. The van der Waals surface area contributed by atoms with Crippen molar-refractivity contribution in [2.24, 2.45) is 0 Å². The predicted octanol–water partition coefficient (Wildman–Crippen LogP) is 2.20. The fourth-order valence-electron chi connectivity index (χ4n) is 3.83. The minimum absolute atomic E-state index is 0.0876. The van der Waals surface area contributed by atoms with E-state index in [1.165, 1.54) is 0 Å². The third-order valence-corrected chi connectivity index (χ3v) is 5.44. The number of hydrogen-bond donors (Lipinski definition) is 0. The van der Waals surface area contributed by atoms with Crippen LogP contribution in [0.15, 0.2) is 40.9 Å². The second kappa shape index (κ2) is 7.15. The molecule has 0 N–H and O–H groups in total. The lowest BCUT2D eigenvalue weighted by molar-refractivity contribution is -0.145. The highest BCUT2D eigenvalue weighted by molar-refractivity contribution is 5.93. The van der Waals surface area contributed by atoms with Crippen LogP contribution in [0.2, 0.25) is 0 Å². The highest BCUT2D eigenvalue weighted by Gasteiger charge is 2.42. The van der Waals surface area contributed by atoms with Gasteiger partial charge in [0.2, 0.25) is 5.91 Å². The van der Waals surface area contributed by atoms with E-state index < -0.39 is 0 Å². The van der Waals surface area contributed by atoms with Crippen molar-refractivity contribution in [1.29, 1.82) is 0 Å². The molecule has 142 valence electrons. The first-order valence-corrected chi connectivity index (χ1v) is 9.27. The Hall–Kier alpha value is -2.67.